The number of carbonyl (C=O) groups is 2. The zero-order valence-corrected chi connectivity index (χ0v) is 13.0. The van der Waals surface area contributed by atoms with Gasteiger partial charge in [0.15, 0.2) is 5.69 Å². The number of amides is 1. The number of hydrogen-bond acceptors (Lipinski definition) is 5. The Morgan fingerprint density at radius 3 is 2.77 bits per heavy atom. The molecule has 1 aromatic rings. The fraction of sp³-hybridized carbons (Fsp3) is 0.667. The lowest BCUT2D eigenvalue weighted by molar-refractivity contribution is -0.139. The molecule has 122 valence electrons. The van der Waals surface area contributed by atoms with E-state index in [0.717, 1.165) is 43.4 Å². The van der Waals surface area contributed by atoms with Crippen molar-refractivity contribution in [3.8, 4) is 0 Å². The monoisotopic (exact) mass is 310 g/mol. The van der Waals surface area contributed by atoms with Crippen molar-refractivity contribution in [1.82, 2.24) is 10.5 Å². The van der Waals surface area contributed by atoms with Crippen LogP contribution in [0, 0.1) is 0 Å². The molecule has 7 nitrogen and oxygen atoms in total. The number of aryl methyl sites for hydroxylation is 1. The molecule has 1 aromatic heterocycles. The van der Waals surface area contributed by atoms with E-state index in [0.29, 0.717) is 0 Å². The highest BCUT2D eigenvalue weighted by Gasteiger charge is 2.32. The summed E-state index contributed by atoms with van der Waals surface area (Å²) in [7, 11) is 1.47. The number of nitrogens with zero attached hydrogens (tertiary/aromatic N) is 1. The van der Waals surface area contributed by atoms with Gasteiger partial charge in [0.1, 0.15) is 5.76 Å². The molecule has 1 atom stereocenters. The lowest BCUT2D eigenvalue weighted by Crippen LogP contribution is -2.51. The van der Waals surface area contributed by atoms with Crippen molar-refractivity contribution in [3.05, 3.63) is 17.0 Å². The first-order chi connectivity index (χ1) is 10.4. The minimum Gasteiger partial charge on any atom is -0.481 e. The summed E-state index contributed by atoms with van der Waals surface area (Å²) in [6.45, 7) is 1.74. The van der Waals surface area contributed by atoms with Gasteiger partial charge in [-0.25, -0.2) is 0 Å². The van der Waals surface area contributed by atoms with Crippen LogP contribution in [0.15, 0.2) is 4.52 Å². The van der Waals surface area contributed by atoms with Gasteiger partial charge in [-0.2, -0.15) is 0 Å². The molecule has 1 amide bonds. The molecule has 0 spiro atoms. The first kappa shape index (κ1) is 16.5. The molecule has 0 saturated heterocycles. The fourth-order valence-corrected chi connectivity index (χ4v) is 2.86. The van der Waals surface area contributed by atoms with E-state index in [-0.39, 0.29) is 18.7 Å². The molecule has 0 saturated carbocycles. The first-order valence-corrected chi connectivity index (χ1v) is 7.46. The maximum atomic E-state index is 12.5. The molecule has 2 N–H and O–H groups in total. The number of hydrogen-bond donors (Lipinski definition) is 2. The molecule has 0 aliphatic heterocycles. The Kier molecular flexibility index (Phi) is 5.18. The Bertz CT molecular complexity index is 554. The topological polar surface area (TPSA) is 102 Å². The normalized spacial score (nSPS) is 17.2. The highest BCUT2D eigenvalue weighted by molar-refractivity contribution is 5.94. The van der Waals surface area contributed by atoms with Crippen LogP contribution in [0.4, 0.5) is 0 Å². The number of carboxylic acid groups (broad SMARTS) is 1. The molecule has 0 fully saturated rings. The quantitative estimate of drug-likeness (QED) is 0.773. The van der Waals surface area contributed by atoms with Gasteiger partial charge in [0.05, 0.1) is 18.6 Å². The van der Waals surface area contributed by atoms with E-state index in [9.17, 15) is 9.59 Å². The Morgan fingerprint density at radius 2 is 2.09 bits per heavy atom. The van der Waals surface area contributed by atoms with Crippen molar-refractivity contribution in [2.45, 2.75) is 51.0 Å². The number of rotatable bonds is 6. The second-order valence-corrected chi connectivity index (χ2v) is 6.01. The number of carbonyl (C=O) groups excluding carboxylic acids is 1. The second kappa shape index (κ2) is 6.91. The standard InChI is InChI=1S/C15H22N2O5/c1-15(9-21-2,8-12(18)19)16-14(20)13-10-6-4-3-5-7-11(10)22-17-13/h3-9H2,1-2H3,(H,16,20)(H,18,19). The fourth-order valence-electron chi connectivity index (χ4n) is 2.86. The van der Waals surface area contributed by atoms with Crippen LogP contribution in [0.25, 0.3) is 0 Å². The van der Waals surface area contributed by atoms with Gasteiger partial charge in [-0.15, -0.1) is 0 Å². The molecular formula is C15H22N2O5. The number of carboxylic acids is 1. The molecule has 0 aromatic carbocycles. The summed E-state index contributed by atoms with van der Waals surface area (Å²) in [5.41, 5.74) is 0.128. The molecular weight excluding hydrogens is 288 g/mol. The summed E-state index contributed by atoms with van der Waals surface area (Å²) >= 11 is 0. The number of fused-ring (bicyclic) bond motifs is 1. The van der Waals surface area contributed by atoms with Gasteiger partial charge >= 0.3 is 5.97 Å². The predicted octanol–water partition coefficient (Wildman–Crippen LogP) is 1.55. The molecule has 22 heavy (non-hydrogen) atoms. The van der Waals surface area contributed by atoms with Crippen molar-refractivity contribution in [2.75, 3.05) is 13.7 Å². The van der Waals surface area contributed by atoms with Crippen LogP contribution in [-0.2, 0) is 22.4 Å². The van der Waals surface area contributed by atoms with Crippen molar-refractivity contribution < 1.29 is 24.0 Å². The lowest BCUT2D eigenvalue weighted by atomic mass is 9.98. The number of nitrogens with one attached hydrogen (secondary N) is 1. The highest BCUT2D eigenvalue weighted by Crippen LogP contribution is 2.24. The molecule has 0 radical (unpaired) electrons. The highest BCUT2D eigenvalue weighted by atomic mass is 16.5. The first-order valence-electron chi connectivity index (χ1n) is 7.46. The summed E-state index contributed by atoms with van der Waals surface area (Å²) in [6.07, 6.45) is 4.46. The van der Waals surface area contributed by atoms with E-state index in [4.69, 9.17) is 14.4 Å². The van der Waals surface area contributed by atoms with Crippen molar-refractivity contribution in [2.24, 2.45) is 0 Å². The van der Waals surface area contributed by atoms with Crippen molar-refractivity contribution in [3.63, 3.8) is 0 Å². The SMILES string of the molecule is COCC(C)(CC(=O)O)NC(=O)c1noc2c1CCCCC2. The van der Waals surface area contributed by atoms with Gasteiger partial charge in [-0.3, -0.25) is 9.59 Å². The van der Waals surface area contributed by atoms with Gasteiger partial charge in [0.2, 0.25) is 0 Å². The third kappa shape index (κ3) is 3.85. The number of aromatic nitrogens is 1. The van der Waals surface area contributed by atoms with Crippen LogP contribution < -0.4 is 5.32 Å². The summed E-state index contributed by atoms with van der Waals surface area (Å²) in [4.78, 5) is 23.5. The molecule has 1 aliphatic carbocycles. The van der Waals surface area contributed by atoms with E-state index in [1.165, 1.54) is 7.11 Å². The van der Waals surface area contributed by atoms with Crippen LogP contribution in [0.1, 0.15) is 54.4 Å². The van der Waals surface area contributed by atoms with Gasteiger partial charge in [-0.1, -0.05) is 11.6 Å². The summed E-state index contributed by atoms with van der Waals surface area (Å²) in [5, 5.41) is 15.6. The Morgan fingerprint density at radius 1 is 1.36 bits per heavy atom. The molecule has 2 rings (SSSR count). The van der Waals surface area contributed by atoms with Gasteiger partial charge in [-0.05, 0) is 26.2 Å². The van der Waals surface area contributed by atoms with Crippen LogP contribution in [0.3, 0.4) is 0 Å². The largest absolute Gasteiger partial charge is 0.481 e. The van der Waals surface area contributed by atoms with Crippen molar-refractivity contribution >= 4 is 11.9 Å². The summed E-state index contributed by atoms with van der Waals surface area (Å²) < 4.78 is 10.3. The minimum absolute atomic E-state index is 0.102. The lowest BCUT2D eigenvalue weighted by Gasteiger charge is -2.28. The average molecular weight is 310 g/mol. The van der Waals surface area contributed by atoms with Crippen LogP contribution >= 0.6 is 0 Å². The molecule has 1 aliphatic rings. The molecule has 1 heterocycles. The van der Waals surface area contributed by atoms with E-state index >= 15 is 0 Å². The Labute approximate surface area is 129 Å². The number of methoxy groups -OCH3 is 1. The van der Waals surface area contributed by atoms with Gasteiger partial charge < -0.3 is 19.7 Å². The van der Waals surface area contributed by atoms with E-state index in [1.807, 2.05) is 0 Å². The van der Waals surface area contributed by atoms with E-state index < -0.39 is 17.4 Å². The van der Waals surface area contributed by atoms with Crippen LogP contribution in [-0.4, -0.2) is 41.4 Å². The molecule has 0 bridgehead atoms. The third-order valence-electron chi connectivity index (χ3n) is 3.83. The Hall–Kier alpha value is -1.89. The van der Waals surface area contributed by atoms with Crippen molar-refractivity contribution in [1.29, 1.82) is 0 Å². The second-order valence-electron chi connectivity index (χ2n) is 6.01. The third-order valence-corrected chi connectivity index (χ3v) is 3.83. The van der Waals surface area contributed by atoms with Gasteiger partial charge in [0.25, 0.3) is 5.91 Å². The predicted molar refractivity (Wildman–Crippen MR) is 77.8 cm³/mol. The van der Waals surface area contributed by atoms with Gasteiger partial charge in [0, 0.05) is 19.1 Å². The number of ether oxygens (including phenoxy) is 1. The van der Waals surface area contributed by atoms with E-state index in [2.05, 4.69) is 10.5 Å². The molecule has 7 heteroatoms. The number of aliphatic carboxylic acids is 1. The maximum absolute atomic E-state index is 12.5. The molecule has 1 unspecified atom stereocenters. The maximum Gasteiger partial charge on any atom is 0.305 e. The zero-order chi connectivity index (χ0) is 16.2. The van der Waals surface area contributed by atoms with E-state index in [1.54, 1.807) is 6.92 Å². The Balaban J connectivity index is 2.17. The average Bonchev–Trinajstić information content (AvgIpc) is 2.67. The summed E-state index contributed by atoms with van der Waals surface area (Å²) in [6, 6.07) is 0. The smallest absolute Gasteiger partial charge is 0.305 e. The van der Waals surface area contributed by atoms with Crippen LogP contribution in [0.2, 0.25) is 0 Å². The zero-order valence-electron chi connectivity index (χ0n) is 13.0. The minimum atomic E-state index is -1.00. The summed E-state index contributed by atoms with van der Waals surface area (Å²) in [5.74, 6) is -0.638. The van der Waals surface area contributed by atoms with Crippen LogP contribution in [0.5, 0.6) is 0 Å².